The van der Waals surface area contributed by atoms with Crippen LogP contribution in [0, 0.1) is 5.92 Å². The molecule has 5 amide bonds. The molecule has 0 bridgehead atoms. The van der Waals surface area contributed by atoms with Crippen LogP contribution in [0.2, 0.25) is 0 Å². The molecule has 5 unspecified atom stereocenters. The van der Waals surface area contributed by atoms with E-state index >= 15 is 0 Å². The molecule has 1 aliphatic heterocycles. The van der Waals surface area contributed by atoms with Crippen LogP contribution in [0.5, 0.6) is 5.75 Å². The summed E-state index contributed by atoms with van der Waals surface area (Å²) in [6.07, 6.45) is 0.567. The van der Waals surface area contributed by atoms with E-state index in [4.69, 9.17) is 21.4 Å². The van der Waals surface area contributed by atoms with Crippen LogP contribution in [0.25, 0.3) is 0 Å². The average Bonchev–Trinajstić information content (AvgIpc) is 3.54. The number of hydrogen-bond acceptors (Lipinski definition) is 9. The third-order valence-electron chi connectivity index (χ3n) is 7.84. The smallest absolute Gasteiger partial charge is 0.305 e. The minimum absolute atomic E-state index is 0.00148. The first-order valence-corrected chi connectivity index (χ1v) is 16.5. The lowest BCUT2D eigenvalue weighted by Crippen LogP contribution is -2.59. The lowest BCUT2D eigenvalue weighted by Gasteiger charge is -2.29. The topological polar surface area (TPSA) is 272 Å². The number of primary amides is 1. The number of aromatic hydroxyl groups is 1. The Labute approximate surface area is 295 Å². The Hall–Kier alpha value is -5.51. The number of hydrogen-bond donors (Lipinski definition) is 8. The summed E-state index contributed by atoms with van der Waals surface area (Å²) in [5.41, 5.74) is 12.7. The SMILES string of the molecule is CC(=O)O.CC(C)CC(N)C(=O)N1CCCC1C(=O)NC(Cc1ccc(O)cc1)C(=O)NC(Cc1ccccc1)C(=O)NC(CC(=O)O)C(N)=O. The highest BCUT2D eigenvalue weighted by molar-refractivity contribution is 5.96. The Kier molecular flexibility index (Phi) is 16.5. The molecule has 51 heavy (non-hydrogen) atoms. The molecule has 0 saturated carbocycles. The normalized spacial score (nSPS) is 16.0. The van der Waals surface area contributed by atoms with Gasteiger partial charge in [0.1, 0.15) is 29.9 Å². The molecule has 1 fully saturated rings. The molecule has 278 valence electrons. The zero-order chi connectivity index (χ0) is 38.2. The highest BCUT2D eigenvalue weighted by Crippen LogP contribution is 2.21. The molecule has 16 heteroatoms. The van der Waals surface area contributed by atoms with Crippen molar-refractivity contribution in [1.29, 1.82) is 0 Å². The number of nitrogens with one attached hydrogen (secondary N) is 3. The number of carbonyl (C=O) groups is 7. The Morgan fingerprint density at radius 3 is 1.84 bits per heavy atom. The highest BCUT2D eigenvalue weighted by Gasteiger charge is 2.38. The lowest BCUT2D eigenvalue weighted by atomic mass is 10.0. The number of nitrogens with zero attached hydrogens (tertiary/aromatic N) is 1. The van der Waals surface area contributed by atoms with Gasteiger partial charge in [-0.05, 0) is 48.4 Å². The van der Waals surface area contributed by atoms with Gasteiger partial charge in [-0.25, -0.2) is 0 Å². The van der Waals surface area contributed by atoms with Crippen molar-refractivity contribution in [2.45, 2.75) is 89.5 Å². The summed E-state index contributed by atoms with van der Waals surface area (Å²) in [6, 6.07) is 9.01. The molecule has 1 heterocycles. The zero-order valence-corrected chi connectivity index (χ0v) is 28.9. The maximum Gasteiger partial charge on any atom is 0.305 e. The standard InChI is InChI=1S/C33H44N6O8.C2H4O2/c1-19(2)15-23(34)33(47)39-14-6-9-27(39)32(46)38-26(17-21-10-12-22(40)13-11-21)31(45)37-25(16-20-7-4-3-5-8-20)30(44)36-24(29(35)43)18-28(41)42;1-2(3)4/h3-5,7-8,10-13,19,23-27,40H,6,9,14-18,34H2,1-2H3,(H2,35,43)(H,36,44)(H,37,45)(H,38,46)(H,41,42);1H3,(H,3,4). The summed E-state index contributed by atoms with van der Waals surface area (Å²) in [5, 5.41) is 34.0. The van der Waals surface area contributed by atoms with Crippen LogP contribution in [-0.2, 0) is 46.4 Å². The highest BCUT2D eigenvalue weighted by atomic mass is 16.4. The number of benzene rings is 2. The second-order valence-electron chi connectivity index (χ2n) is 12.7. The van der Waals surface area contributed by atoms with E-state index in [2.05, 4.69) is 16.0 Å². The largest absolute Gasteiger partial charge is 0.508 e. The second-order valence-corrected chi connectivity index (χ2v) is 12.7. The summed E-state index contributed by atoms with van der Waals surface area (Å²) < 4.78 is 0. The Morgan fingerprint density at radius 1 is 0.824 bits per heavy atom. The first-order valence-electron chi connectivity index (χ1n) is 16.5. The lowest BCUT2D eigenvalue weighted by molar-refractivity contribution is -0.141. The maximum atomic E-state index is 13.9. The van der Waals surface area contributed by atoms with E-state index in [0.717, 1.165) is 6.92 Å². The summed E-state index contributed by atoms with van der Waals surface area (Å²) >= 11 is 0. The number of phenols is 1. The molecule has 1 aliphatic rings. The van der Waals surface area contributed by atoms with Crippen molar-refractivity contribution in [3.8, 4) is 5.75 Å². The van der Waals surface area contributed by atoms with Crippen LogP contribution in [0.1, 0.15) is 57.6 Å². The van der Waals surface area contributed by atoms with Gasteiger partial charge in [-0.15, -0.1) is 0 Å². The van der Waals surface area contributed by atoms with Crippen molar-refractivity contribution in [1.82, 2.24) is 20.9 Å². The van der Waals surface area contributed by atoms with E-state index in [1.165, 1.54) is 17.0 Å². The fourth-order valence-electron chi connectivity index (χ4n) is 5.47. The van der Waals surface area contributed by atoms with Crippen molar-refractivity contribution in [2.24, 2.45) is 17.4 Å². The number of aliphatic carboxylic acids is 2. The average molecular weight is 713 g/mol. The molecule has 1 saturated heterocycles. The zero-order valence-electron chi connectivity index (χ0n) is 28.9. The van der Waals surface area contributed by atoms with Crippen LogP contribution in [0.15, 0.2) is 54.6 Å². The third kappa shape index (κ3) is 14.5. The molecular weight excluding hydrogens is 664 g/mol. The summed E-state index contributed by atoms with van der Waals surface area (Å²) in [4.78, 5) is 87.6. The van der Waals surface area contributed by atoms with Gasteiger partial charge in [0.15, 0.2) is 0 Å². The van der Waals surface area contributed by atoms with E-state index < -0.39 is 72.2 Å². The first-order chi connectivity index (χ1) is 24.0. The van der Waals surface area contributed by atoms with Crippen molar-refractivity contribution in [2.75, 3.05) is 6.54 Å². The molecule has 0 aliphatic carbocycles. The van der Waals surface area contributed by atoms with Crippen molar-refractivity contribution < 1.29 is 48.9 Å². The minimum Gasteiger partial charge on any atom is -0.508 e. The molecule has 10 N–H and O–H groups in total. The monoisotopic (exact) mass is 712 g/mol. The maximum absolute atomic E-state index is 13.9. The van der Waals surface area contributed by atoms with E-state index in [9.17, 15) is 39.0 Å². The van der Waals surface area contributed by atoms with Gasteiger partial charge in [0.25, 0.3) is 5.97 Å². The molecule has 2 aromatic rings. The van der Waals surface area contributed by atoms with Crippen LogP contribution in [0.4, 0.5) is 0 Å². The number of carboxylic acid groups (broad SMARTS) is 2. The van der Waals surface area contributed by atoms with Crippen molar-refractivity contribution in [3.63, 3.8) is 0 Å². The number of nitrogens with two attached hydrogens (primary N) is 2. The van der Waals surface area contributed by atoms with Crippen LogP contribution in [0.3, 0.4) is 0 Å². The van der Waals surface area contributed by atoms with Crippen LogP contribution in [-0.4, -0.2) is 98.4 Å². The van der Waals surface area contributed by atoms with E-state index in [1.54, 1.807) is 42.5 Å². The Balaban J connectivity index is 0.00000213. The fraction of sp³-hybridized carbons (Fsp3) is 0.457. The summed E-state index contributed by atoms with van der Waals surface area (Å²) in [5.74, 6) is -5.60. The molecular formula is C35H48N6O10. The van der Waals surface area contributed by atoms with Gasteiger partial charge in [0.05, 0.1) is 12.5 Å². The van der Waals surface area contributed by atoms with E-state index in [0.29, 0.717) is 36.9 Å². The van der Waals surface area contributed by atoms with Gasteiger partial charge in [-0.2, -0.15) is 0 Å². The summed E-state index contributed by atoms with van der Waals surface area (Å²) in [6.45, 7) is 5.31. The second kappa shape index (κ2) is 20.2. The van der Waals surface area contributed by atoms with Crippen LogP contribution < -0.4 is 27.4 Å². The van der Waals surface area contributed by atoms with Crippen molar-refractivity contribution >= 4 is 41.5 Å². The first kappa shape index (κ1) is 41.7. The fourth-order valence-corrected chi connectivity index (χ4v) is 5.47. The molecule has 5 atom stereocenters. The molecule has 0 spiro atoms. The predicted molar refractivity (Wildman–Crippen MR) is 185 cm³/mol. The van der Waals surface area contributed by atoms with Gasteiger partial charge in [-0.1, -0.05) is 56.3 Å². The molecule has 3 rings (SSSR count). The molecule has 16 nitrogen and oxygen atoms in total. The number of rotatable bonds is 16. The number of carboxylic acids is 2. The summed E-state index contributed by atoms with van der Waals surface area (Å²) in [7, 11) is 0. The number of carbonyl (C=O) groups excluding carboxylic acids is 5. The van der Waals surface area contributed by atoms with Gasteiger partial charge in [-0.3, -0.25) is 33.6 Å². The minimum atomic E-state index is -1.53. The third-order valence-corrected chi connectivity index (χ3v) is 7.84. The van der Waals surface area contributed by atoms with Crippen molar-refractivity contribution in [3.05, 3.63) is 65.7 Å². The number of phenolic OH excluding ortho intramolecular Hbond substituents is 1. The number of likely N-dealkylation sites (tertiary alicyclic amines) is 1. The quantitative estimate of drug-likeness (QED) is 0.115. The van der Waals surface area contributed by atoms with Crippen LogP contribution >= 0.6 is 0 Å². The van der Waals surface area contributed by atoms with Gasteiger partial charge >= 0.3 is 5.97 Å². The van der Waals surface area contributed by atoms with E-state index in [1.807, 2.05) is 13.8 Å². The predicted octanol–water partition coefficient (Wildman–Crippen LogP) is 0.0471. The Morgan fingerprint density at radius 2 is 1.33 bits per heavy atom. The molecule has 0 radical (unpaired) electrons. The molecule has 2 aromatic carbocycles. The van der Waals surface area contributed by atoms with Gasteiger partial charge < -0.3 is 47.6 Å². The molecule has 0 aromatic heterocycles. The van der Waals surface area contributed by atoms with Gasteiger partial charge in [0.2, 0.25) is 29.5 Å². The Bertz CT molecular complexity index is 1510. The van der Waals surface area contributed by atoms with Gasteiger partial charge in [0, 0.05) is 26.3 Å². The number of amides is 5. The van der Waals surface area contributed by atoms with E-state index in [-0.39, 0.29) is 30.4 Å².